The van der Waals surface area contributed by atoms with Gasteiger partial charge in [-0.25, -0.2) is 0 Å². The first-order valence-electron chi connectivity index (χ1n) is 7.05. The lowest BCUT2D eigenvalue weighted by Gasteiger charge is -2.02. The lowest BCUT2D eigenvalue weighted by atomic mass is 10.1. The molecule has 0 spiro atoms. The highest BCUT2D eigenvalue weighted by atomic mass is 32.1. The third-order valence-electron chi connectivity index (χ3n) is 3.61. The van der Waals surface area contributed by atoms with E-state index in [1.807, 2.05) is 10.6 Å². The number of benzene rings is 2. The standard InChI is InChI=1S/C16H14N4OS/c1-21-10-9-14-17-18-16-20(14)19-15(22-16)13-8-4-6-11-5-2-3-7-12(11)13/h2-8H,9-10H2,1H3. The summed E-state index contributed by atoms with van der Waals surface area (Å²) in [6, 6.07) is 14.6. The second-order valence-corrected chi connectivity index (χ2v) is 5.94. The van der Waals surface area contributed by atoms with Crippen molar-refractivity contribution >= 4 is 27.1 Å². The fourth-order valence-electron chi connectivity index (χ4n) is 2.53. The van der Waals surface area contributed by atoms with Gasteiger partial charge in [-0.3, -0.25) is 0 Å². The number of hydrogen-bond acceptors (Lipinski definition) is 5. The van der Waals surface area contributed by atoms with Crippen molar-refractivity contribution in [3.05, 3.63) is 48.3 Å². The van der Waals surface area contributed by atoms with Gasteiger partial charge in [-0.15, -0.1) is 10.2 Å². The zero-order valence-corrected chi connectivity index (χ0v) is 12.9. The van der Waals surface area contributed by atoms with Crippen molar-refractivity contribution in [1.29, 1.82) is 0 Å². The van der Waals surface area contributed by atoms with Crippen LogP contribution in [0.4, 0.5) is 0 Å². The number of rotatable bonds is 4. The predicted octanol–water partition coefficient (Wildman–Crippen LogP) is 3.19. The average molecular weight is 310 g/mol. The molecule has 5 nitrogen and oxygen atoms in total. The fourth-order valence-corrected chi connectivity index (χ4v) is 3.43. The molecule has 6 heteroatoms. The highest BCUT2D eigenvalue weighted by molar-refractivity contribution is 7.19. The van der Waals surface area contributed by atoms with E-state index in [1.165, 1.54) is 10.8 Å². The molecule has 0 N–H and O–H groups in total. The quantitative estimate of drug-likeness (QED) is 0.581. The van der Waals surface area contributed by atoms with Gasteiger partial charge in [-0.05, 0) is 10.8 Å². The molecule has 0 saturated carbocycles. The van der Waals surface area contributed by atoms with Crippen LogP contribution in [0.3, 0.4) is 0 Å². The molecule has 22 heavy (non-hydrogen) atoms. The SMILES string of the molecule is COCCc1nnc2sc(-c3cccc4ccccc34)nn12. The molecule has 4 rings (SSSR count). The van der Waals surface area contributed by atoms with E-state index in [2.05, 4.69) is 46.6 Å². The van der Waals surface area contributed by atoms with Crippen LogP contribution in [-0.4, -0.2) is 33.5 Å². The summed E-state index contributed by atoms with van der Waals surface area (Å²) in [5.41, 5.74) is 1.13. The summed E-state index contributed by atoms with van der Waals surface area (Å²) < 4.78 is 6.93. The molecule has 0 bridgehead atoms. The Morgan fingerprint density at radius 2 is 1.95 bits per heavy atom. The van der Waals surface area contributed by atoms with Gasteiger partial charge in [0.1, 0.15) is 5.01 Å². The monoisotopic (exact) mass is 310 g/mol. The molecule has 0 atom stereocenters. The van der Waals surface area contributed by atoms with Crippen LogP contribution in [0.15, 0.2) is 42.5 Å². The maximum Gasteiger partial charge on any atom is 0.234 e. The molecule has 0 unspecified atom stereocenters. The second kappa shape index (κ2) is 5.47. The minimum atomic E-state index is 0.613. The largest absolute Gasteiger partial charge is 0.384 e. The first-order chi connectivity index (χ1) is 10.9. The van der Waals surface area contributed by atoms with E-state index in [1.54, 1.807) is 18.4 Å². The fraction of sp³-hybridized carbons (Fsp3) is 0.188. The summed E-state index contributed by atoms with van der Waals surface area (Å²) in [6.45, 7) is 0.613. The van der Waals surface area contributed by atoms with Gasteiger partial charge in [0.05, 0.1) is 6.61 Å². The van der Waals surface area contributed by atoms with E-state index >= 15 is 0 Å². The number of fused-ring (bicyclic) bond motifs is 2. The summed E-state index contributed by atoms with van der Waals surface area (Å²) in [7, 11) is 1.68. The van der Waals surface area contributed by atoms with Gasteiger partial charge in [0, 0.05) is 19.1 Å². The smallest absolute Gasteiger partial charge is 0.234 e. The van der Waals surface area contributed by atoms with Gasteiger partial charge >= 0.3 is 0 Å². The molecule has 4 aromatic rings. The van der Waals surface area contributed by atoms with E-state index in [4.69, 9.17) is 9.84 Å². The first kappa shape index (κ1) is 13.4. The summed E-state index contributed by atoms with van der Waals surface area (Å²) in [5.74, 6) is 0.833. The van der Waals surface area contributed by atoms with Crippen LogP contribution in [0.2, 0.25) is 0 Å². The Hall–Kier alpha value is -2.31. The Balaban J connectivity index is 1.84. The Kier molecular flexibility index (Phi) is 3.32. The van der Waals surface area contributed by atoms with Crippen molar-refractivity contribution < 1.29 is 4.74 Å². The second-order valence-electron chi connectivity index (χ2n) is 4.99. The highest BCUT2D eigenvalue weighted by Gasteiger charge is 2.14. The van der Waals surface area contributed by atoms with Gasteiger partial charge in [-0.2, -0.15) is 9.61 Å². The molecule has 2 aromatic carbocycles. The van der Waals surface area contributed by atoms with E-state index in [0.29, 0.717) is 13.0 Å². The molecule has 0 saturated heterocycles. The average Bonchev–Trinajstić information content (AvgIpc) is 3.13. The number of methoxy groups -OCH3 is 1. The normalized spacial score (nSPS) is 11.5. The van der Waals surface area contributed by atoms with Crippen molar-refractivity contribution in [3.8, 4) is 10.6 Å². The highest BCUT2D eigenvalue weighted by Crippen LogP contribution is 2.31. The number of hydrogen-bond donors (Lipinski definition) is 0. The van der Waals surface area contributed by atoms with Gasteiger partial charge < -0.3 is 4.74 Å². The molecule has 2 heterocycles. The third-order valence-corrected chi connectivity index (χ3v) is 4.54. The van der Waals surface area contributed by atoms with Crippen LogP contribution in [-0.2, 0) is 11.2 Å². The van der Waals surface area contributed by atoms with Crippen LogP contribution < -0.4 is 0 Å². The van der Waals surface area contributed by atoms with Gasteiger partial charge in [0.2, 0.25) is 4.96 Å². The van der Waals surface area contributed by atoms with Crippen molar-refractivity contribution in [2.45, 2.75) is 6.42 Å². The number of nitrogens with zero attached hydrogens (tertiary/aromatic N) is 4. The van der Waals surface area contributed by atoms with Crippen LogP contribution >= 0.6 is 11.3 Å². The summed E-state index contributed by atoms with van der Waals surface area (Å²) in [4.78, 5) is 0.814. The van der Waals surface area contributed by atoms with Crippen LogP contribution in [0.5, 0.6) is 0 Å². The van der Waals surface area contributed by atoms with Crippen molar-refractivity contribution in [2.75, 3.05) is 13.7 Å². The maximum absolute atomic E-state index is 5.11. The Bertz CT molecular complexity index is 938. The molecule has 110 valence electrons. The minimum Gasteiger partial charge on any atom is -0.384 e. The van der Waals surface area contributed by atoms with E-state index in [9.17, 15) is 0 Å². The van der Waals surface area contributed by atoms with Gasteiger partial charge in [0.15, 0.2) is 5.82 Å². The summed E-state index contributed by atoms with van der Waals surface area (Å²) in [5, 5.41) is 16.5. The zero-order chi connectivity index (χ0) is 14.9. The van der Waals surface area contributed by atoms with Crippen molar-refractivity contribution in [3.63, 3.8) is 0 Å². The minimum absolute atomic E-state index is 0.613. The molecule has 0 aliphatic heterocycles. The summed E-state index contributed by atoms with van der Waals surface area (Å²) >= 11 is 1.56. The summed E-state index contributed by atoms with van der Waals surface area (Å²) in [6.07, 6.45) is 0.705. The van der Waals surface area contributed by atoms with Crippen molar-refractivity contribution in [2.24, 2.45) is 0 Å². The molecule has 0 amide bonds. The molecule has 0 aliphatic carbocycles. The molecule has 0 aliphatic rings. The zero-order valence-electron chi connectivity index (χ0n) is 12.1. The molecule has 2 aromatic heterocycles. The Morgan fingerprint density at radius 3 is 2.86 bits per heavy atom. The van der Waals surface area contributed by atoms with Crippen LogP contribution in [0.1, 0.15) is 5.82 Å². The maximum atomic E-state index is 5.11. The lowest BCUT2D eigenvalue weighted by molar-refractivity contribution is 0.200. The van der Waals surface area contributed by atoms with E-state index in [-0.39, 0.29) is 0 Å². The third kappa shape index (κ3) is 2.17. The van der Waals surface area contributed by atoms with Gasteiger partial charge in [0.25, 0.3) is 0 Å². The van der Waals surface area contributed by atoms with Crippen LogP contribution in [0, 0.1) is 0 Å². The van der Waals surface area contributed by atoms with Crippen molar-refractivity contribution in [1.82, 2.24) is 19.8 Å². The molecule has 0 radical (unpaired) electrons. The predicted molar refractivity (Wildman–Crippen MR) is 87.2 cm³/mol. The Labute approximate surface area is 131 Å². The van der Waals surface area contributed by atoms with E-state index in [0.717, 1.165) is 21.4 Å². The van der Waals surface area contributed by atoms with Crippen LogP contribution in [0.25, 0.3) is 26.3 Å². The molecular formula is C16H14N4OS. The number of ether oxygens (including phenoxy) is 1. The molecular weight excluding hydrogens is 296 g/mol. The van der Waals surface area contributed by atoms with E-state index < -0.39 is 0 Å². The number of aromatic nitrogens is 4. The van der Waals surface area contributed by atoms with Gasteiger partial charge in [-0.1, -0.05) is 53.8 Å². The Morgan fingerprint density at radius 1 is 1.09 bits per heavy atom. The first-order valence-corrected chi connectivity index (χ1v) is 7.86. The lowest BCUT2D eigenvalue weighted by Crippen LogP contribution is -2.01. The molecule has 0 fully saturated rings. The topological polar surface area (TPSA) is 52.3 Å².